The normalized spacial score (nSPS) is 19.3. The van der Waals surface area contributed by atoms with Crippen molar-refractivity contribution in [2.24, 2.45) is 13.0 Å². The molecular formula is C15H27N5O2. The van der Waals surface area contributed by atoms with Crippen molar-refractivity contribution in [2.75, 3.05) is 30.3 Å². The molecule has 1 unspecified atom stereocenters. The summed E-state index contributed by atoms with van der Waals surface area (Å²) >= 11 is 0. The average Bonchev–Trinajstić information content (AvgIpc) is 2.74. The summed E-state index contributed by atoms with van der Waals surface area (Å²) in [6.07, 6.45) is 2.88. The molecule has 1 atom stereocenters. The van der Waals surface area contributed by atoms with Gasteiger partial charge in [-0.2, -0.15) is 5.10 Å². The highest BCUT2D eigenvalue weighted by Gasteiger charge is 2.31. The summed E-state index contributed by atoms with van der Waals surface area (Å²) in [5.41, 5.74) is 6.29. The molecule has 2 rings (SSSR count). The van der Waals surface area contributed by atoms with Gasteiger partial charge in [0.1, 0.15) is 5.82 Å². The number of aromatic nitrogens is 2. The van der Waals surface area contributed by atoms with Gasteiger partial charge in [0, 0.05) is 32.2 Å². The van der Waals surface area contributed by atoms with Gasteiger partial charge in [-0.25, -0.2) is 4.79 Å². The molecule has 0 bridgehead atoms. The first-order chi connectivity index (χ1) is 10.2. The predicted octanol–water partition coefficient (Wildman–Crippen LogP) is 2.00. The maximum Gasteiger partial charge on any atom is 0.407 e. The Bertz CT molecular complexity index is 515. The number of aryl methyl sites for hydroxylation is 1. The SMILES string of the molecule is Cn1ncc(N)c1N1CCCC(CN(C(=O)O)C(C)(C)C)C1. The van der Waals surface area contributed by atoms with Gasteiger partial charge in [-0.1, -0.05) is 0 Å². The molecule has 1 aromatic heterocycles. The van der Waals surface area contributed by atoms with E-state index in [0.717, 1.165) is 31.7 Å². The van der Waals surface area contributed by atoms with E-state index < -0.39 is 6.09 Å². The minimum Gasteiger partial charge on any atom is -0.465 e. The van der Waals surface area contributed by atoms with Crippen LogP contribution in [0.4, 0.5) is 16.3 Å². The lowest BCUT2D eigenvalue weighted by molar-refractivity contribution is 0.0864. The monoisotopic (exact) mass is 309 g/mol. The smallest absolute Gasteiger partial charge is 0.407 e. The molecule has 1 amide bonds. The molecule has 1 saturated heterocycles. The van der Waals surface area contributed by atoms with Crippen LogP contribution in [0.1, 0.15) is 33.6 Å². The van der Waals surface area contributed by atoms with E-state index in [1.807, 2.05) is 27.8 Å². The third kappa shape index (κ3) is 3.45. The Morgan fingerprint density at radius 3 is 2.73 bits per heavy atom. The first-order valence-electron chi connectivity index (χ1n) is 7.73. The highest BCUT2D eigenvalue weighted by molar-refractivity contribution is 5.66. The summed E-state index contributed by atoms with van der Waals surface area (Å²) in [5, 5.41) is 13.6. The van der Waals surface area contributed by atoms with Gasteiger partial charge in [0.25, 0.3) is 0 Å². The molecular weight excluding hydrogens is 282 g/mol. The molecule has 0 aromatic carbocycles. The van der Waals surface area contributed by atoms with E-state index in [4.69, 9.17) is 5.73 Å². The predicted molar refractivity (Wildman–Crippen MR) is 87.0 cm³/mol. The molecule has 2 heterocycles. The zero-order chi connectivity index (χ0) is 16.5. The summed E-state index contributed by atoms with van der Waals surface area (Å²) in [7, 11) is 1.88. The van der Waals surface area contributed by atoms with E-state index in [9.17, 15) is 9.90 Å². The highest BCUT2D eigenvalue weighted by Crippen LogP contribution is 2.28. The maximum absolute atomic E-state index is 11.5. The van der Waals surface area contributed by atoms with Crippen LogP contribution in [0.25, 0.3) is 0 Å². The van der Waals surface area contributed by atoms with E-state index in [0.29, 0.717) is 18.2 Å². The van der Waals surface area contributed by atoms with Gasteiger partial charge in [0.15, 0.2) is 0 Å². The van der Waals surface area contributed by atoms with Gasteiger partial charge in [-0.3, -0.25) is 4.68 Å². The summed E-state index contributed by atoms with van der Waals surface area (Å²) in [6.45, 7) is 8.09. The number of carboxylic acid groups (broad SMARTS) is 1. The third-order valence-electron chi connectivity index (χ3n) is 4.23. The molecule has 0 radical (unpaired) electrons. The number of carbonyl (C=O) groups is 1. The second-order valence-electron chi connectivity index (χ2n) is 7.07. The summed E-state index contributed by atoms with van der Waals surface area (Å²) in [4.78, 5) is 15.3. The van der Waals surface area contributed by atoms with Crippen molar-refractivity contribution in [3.8, 4) is 0 Å². The highest BCUT2D eigenvalue weighted by atomic mass is 16.4. The van der Waals surface area contributed by atoms with Gasteiger partial charge < -0.3 is 20.6 Å². The quantitative estimate of drug-likeness (QED) is 0.891. The van der Waals surface area contributed by atoms with Crippen LogP contribution in [0.5, 0.6) is 0 Å². The van der Waals surface area contributed by atoms with E-state index in [1.54, 1.807) is 10.9 Å². The zero-order valence-corrected chi connectivity index (χ0v) is 13.9. The largest absolute Gasteiger partial charge is 0.465 e. The lowest BCUT2D eigenvalue weighted by Gasteiger charge is -2.40. The molecule has 22 heavy (non-hydrogen) atoms. The fourth-order valence-corrected chi connectivity index (χ4v) is 3.14. The number of hydrogen-bond donors (Lipinski definition) is 2. The zero-order valence-electron chi connectivity index (χ0n) is 13.9. The van der Waals surface area contributed by atoms with E-state index in [-0.39, 0.29) is 5.54 Å². The fourth-order valence-electron chi connectivity index (χ4n) is 3.14. The third-order valence-corrected chi connectivity index (χ3v) is 4.23. The number of piperidine rings is 1. The first kappa shape index (κ1) is 16.5. The van der Waals surface area contributed by atoms with Crippen LogP contribution < -0.4 is 10.6 Å². The molecule has 1 aliphatic heterocycles. The van der Waals surface area contributed by atoms with Crippen LogP contribution in [-0.4, -0.2) is 51.1 Å². The lowest BCUT2D eigenvalue weighted by Crippen LogP contribution is -2.50. The second kappa shape index (κ2) is 6.06. The number of anilines is 2. The maximum atomic E-state index is 11.5. The summed E-state index contributed by atoms with van der Waals surface area (Å²) in [6, 6.07) is 0. The van der Waals surface area contributed by atoms with Crippen LogP contribution in [0.3, 0.4) is 0 Å². The van der Waals surface area contributed by atoms with Crippen molar-refractivity contribution in [2.45, 2.75) is 39.2 Å². The number of rotatable bonds is 3. The van der Waals surface area contributed by atoms with Crippen LogP contribution in [0, 0.1) is 5.92 Å². The number of amides is 1. The van der Waals surface area contributed by atoms with Crippen LogP contribution >= 0.6 is 0 Å². The number of nitrogens with zero attached hydrogens (tertiary/aromatic N) is 4. The van der Waals surface area contributed by atoms with Crippen molar-refractivity contribution in [1.29, 1.82) is 0 Å². The fraction of sp³-hybridized carbons (Fsp3) is 0.733. The van der Waals surface area contributed by atoms with Crippen molar-refractivity contribution in [1.82, 2.24) is 14.7 Å². The Kier molecular flexibility index (Phi) is 4.53. The van der Waals surface area contributed by atoms with Gasteiger partial charge >= 0.3 is 6.09 Å². The molecule has 0 saturated carbocycles. The average molecular weight is 309 g/mol. The number of nitrogens with two attached hydrogens (primary N) is 1. The van der Waals surface area contributed by atoms with Crippen LogP contribution in [0.15, 0.2) is 6.20 Å². The van der Waals surface area contributed by atoms with Crippen molar-refractivity contribution in [3.05, 3.63) is 6.20 Å². The molecule has 124 valence electrons. The van der Waals surface area contributed by atoms with E-state index >= 15 is 0 Å². The van der Waals surface area contributed by atoms with Crippen molar-refractivity contribution in [3.63, 3.8) is 0 Å². The minimum absolute atomic E-state index is 0.304. The second-order valence-corrected chi connectivity index (χ2v) is 7.07. The standard InChI is InChI=1S/C15H27N5O2/c1-15(2,3)20(14(21)22)10-11-6-5-7-19(9-11)13-12(16)8-17-18(13)4/h8,11H,5-7,9-10,16H2,1-4H3,(H,21,22). The Morgan fingerprint density at radius 1 is 1.55 bits per heavy atom. The van der Waals surface area contributed by atoms with Crippen LogP contribution in [-0.2, 0) is 7.05 Å². The van der Waals surface area contributed by atoms with Gasteiger partial charge in [-0.05, 0) is 39.5 Å². The Hall–Kier alpha value is -1.92. The Morgan fingerprint density at radius 2 is 2.23 bits per heavy atom. The molecule has 3 N–H and O–H groups in total. The molecule has 7 heteroatoms. The molecule has 1 aromatic rings. The Labute approximate surface area is 131 Å². The number of hydrogen-bond acceptors (Lipinski definition) is 4. The topological polar surface area (TPSA) is 87.6 Å². The molecule has 7 nitrogen and oxygen atoms in total. The number of nitrogen functional groups attached to an aromatic ring is 1. The lowest BCUT2D eigenvalue weighted by atomic mass is 9.95. The minimum atomic E-state index is -0.857. The molecule has 0 spiro atoms. The van der Waals surface area contributed by atoms with Gasteiger partial charge in [0.2, 0.25) is 0 Å². The van der Waals surface area contributed by atoms with Crippen molar-refractivity contribution < 1.29 is 9.90 Å². The van der Waals surface area contributed by atoms with Gasteiger partial charge in [-0.15, -0.1) is 0 Å². The summed E-state index contributed by atoms with van der Waals surface area (Å²) in [5.74, 6) is 1.24. The first-order valence-corrected chi connectivity index (χ1v) is 7.73. The van der Waals surface area contributed by atoms with Crippen LogP contribution in [0.2, 0.25) is 0 Å². The van der Waals surface area contributed by atoms with E-state index in [1.165, 1.54) is 4.90 Å². The Balaban J connectivity index is 2.09. The molecule has 1 fully saturated rings. The van der Waals surface area contributed by atoms with E-state index in [2.05, 4.69) is 10.00 Å². The molecule has 0 aliphatic carbocycles. The van der Waals surface area contributed by atoms with Gasteiger partial charge in [0.05, 0.1) is 11.9 Å². The van der Waals surface area contributed by atoms with Crippen molar-refractivity contribution >= 4 is 17.6 Å². The summed E-state index contributed by atoms with van der Waals surface area (Å²) < 4.78 is 1.79. The molecule has 1 aliphatic rings.